The molecule has 5 heterocycles. The summed E-state index contributed by atoms with van der Waals surface area (Å²) in [6.07, 6.45) is -11.0. The first-order valence-electron chi connectivity index (χ1n) is 22.9. The second-order valence-electron chi connectivity index (χ2n) is 20.7. The van der Waals surface area contributed by atoms with Crippen LogP contribution in [0.25, 0.3) is 0 Å². The van der Waals surface area contributed by atoms with E-state index in [-0.39, 0.29) is 22.9 Å². The Kier molecular flexibility index (Phi) is 12.2. The minimum atomic E-state index is -1.72. The highest BCUT2D eigenvalue weighted by Crippen LogP contribution is 2.72. The second-order valence-corrected chi connectivity index (χ2v) is 20.7. The monoisotopic (exact) mass is 870 g/mol. The summed E-state index contributed by atoms with van der Waals surface area (Å²) in [6.45, 7) is 9.89. The minimum Gasteiger partial charge on any atom is -0.394 e. The first-order valence-corrected chi connectivity index (χ1v) is 22.9. The van der Waals surface area contributed by atoms with Crippen molar-refractivity contribution in [1.82, 2.24) is 0 Å². The lowest BCUT2D eigenvalue weighted by atomic mass is 9.46. The molecule has 25 atom stereocenters. The molecule has 0 aromatic carbocycles. The molecule has 1 unspecified atom stereocenters. The molecule has 9 N–H and O–H groups in total. The van der Waals surface area contributed by atoms with Gasteiger partial charge in [0.1, 0.15) is 66.6 Å². The molecule has 9 rings (SSSR count). The van der Waals surface area contributed by atoms with Crippen LogP contribution in [-0.2, 0) is 37.9 Å². The summed E-state index contributed by atoms with van der Waals surface area (Å²) in [5, 5.41) is 97.6. The third-order valence-electron chi connectivity index (χ3n) is 17.6. The smallest absolute Gasteiger partial charge is 0.187 e. The molecule has 5 aliphatic heterocycles. The van der Waals surface area contributed by atoms with Gasteiger partial charge in [-0.1, -0.05) is 39.3 Å². The minimum absolute atomic E-state index is 0.109. The van der Waals surface area contributed by atoms with Gasteiger partial charge in [-0.15, -0.1) is 0 Å². The van der Waals surface area contributed by atoms with Crippen LogP contribution < -0.4 is 0 Å². The van der Waals surface area contributed by atoms with Crippen LogP contribution >= 0.6 is 0 Å². The summed E-state index contributed by atoms with van der Waals surface area (Å²) >= 11 is 0. The number of ether oxygens (including phenoxy) is 8. The van der Waals surface area contributed by atoms with Gasteiger partial charge in [0.25, 0.3) is 0 Å². The lowest BCUT2D eigenvalue weighted by Gasteiger charge is -2.60. The third-order valence-corrected chi connectivity index (χ3v) is 17.6. The highest BCUT2D eigenvalue weighted by atomic mass is 16.8. The van der Waals surface area contributed by atoms with E-state index < -0.39 is 117 Å². The molecule has 0 bridgehead atoms. The number of hydrogen-bond acceptors (Lipinski definition) is 17. The zero-order chi connectivity index (χ0) is 43.6. The van der Waals surface area contributed by atoms with Crippen LogP contribution in [0, 0.1) is 40.4 Å². The largest absolute Gasteiger partial charge is 0.394 e. The summed E-state index contributed by atoms with van der Waals surface area (Å²) in [7, 11) is 0. The molecule has 0 aromatic rings. The molecule has 0 amide bonds. The fraction of sp³-hybridized carbons (Fsp3) is 0.955. The van der Waals surface area contributed by atoms with Gasteiger partial charge in [-0.2, -0.15) is 0 Å². The van der Waals surface area contributed by atoms with Crippen LogP contribution in [0.3, 0.4) is 0 Å². The number of fused-ring (bicyclic) bond motifs is 7. The zero-order valence-corrected chi connectivity index (χ0v) is 36.0. The van der Waals surface area contributed by atoms with E-state index in [4.69, 9.17) is 37.9 Å². The Morgan fingerprint density at radius 3 is 2.08 bits per heavy atom. The normalized spacial score (nSPS) is 58.2. The fourth-order valence-corrected chi connectivity index (χ4v) is 13.8. The number of aliphatic hydroxyl groups is 9. The van der Waals surface area contributed by atoms with Crippen LogP contribution in [0.15, 0.2) is 11.6 Å². The Bertz CT molecular complexity index is 1610. The van der Waals surface area contributed by atoms with Crippen molar-refractivity contribution >= 4 is 0 Å². The maximum Gasteiger partial charge on any atom is 0.187 e. The highest BCUT2D eigenvalue weighted by Gasteiger charge is 2.76. The summed E-state index contributed by atoms with van der Waals surface area (Å²) in [5.41, 5.74) is -0.100. The van der Waals surface area contributed by atoms with Gasteiger partial charge in [0.15, 0.2) is 24.7 Å². The third kappa shape index (κ3) is 6.97. The number of allylic oxidation sites excluding steroid dienone is 1. The van der Waals surface area contributed by atoms with Crippen molar-refractivity contribution in [2.45, 2.75) is 202 Å². The number of hydrogen-bond donors (Lipinski definition) is 9. The predicted octanol–water partition coefficient (Wildman–Crippen LogP) is -0.0319. The Morgan fingerprint density at radius 2 is 1.39 bits per heavy atom. The average molecular weight is 871 g/mol. The maximum absolute atomic E-state index is 12.8. The van der Waals surface area contributed by atoms with Gasteiger partial charge in [-0.25, -0.2) is 0 Å². The molecule has 17 nitrogen and oxygen atoms in total. The van der Waals surface area contributed by atoms with Crippen LogP contribution in [0.4, 0.5) is 0 Å². The molecule has 0 aromatic heterocycles. The van der Waals surface area contributed by atoms with Crippen molar-refractivity contribution in [2.75, 3.05) is 19.8 Å². The van der Waals surface area contributed by atoms with E-state index in [2.05, 4.69) is 33.8 Å². The van der Waals surface area contributed by atoms with Crippen molar-refractivity contribution in [2.24, 2.45) is 40.4 Å². The zero-order valence-electron chi connectivity index (χ0n) is 36.0. The van der Waals surface area contributed by atoms with E-state index in [0.29, 0.717) is 43.1 Å². The Hall–Kier alpha value is -0.940. The molecule has 1 spiro atoms. The first kappa shape index (κ1) is 45.2. The Balaban J connectivity index is 0.922. The van der Waals surface area contributed by atoms with Crippen LogP contribution in [0.2, 0.25) is 0 Å². The topological polar surface area (TPSA) is 256 Å². The molecule has 9 aliphatic rings. The van der Waals surface area contributed by atoms with E-state index in [1.807, 2.05) is 0 Å². The van der Waals surface area contributed by atoms with Gasteiger partial charge >= 0.3 is 0 Å². The maximum atomic E-state index is 12.8. The highest BCUT2D eigenvalue weighted by molar-refractivity contribution is 5.29. The van der Waals surface area contributed by atoms with Crippen molar-refractivity contribution in [3.05, 3.63) is 11.6 Å². The summed E-state index contributed by atoms with van der Waals surface area (Å²) < 4.78 is 49.5. The van der Waals surface area contributed by atoms with Crippen molar-refractivity contribution in [3.63, 3.8) is 0 Å². The Morgan fingerprint density at radius 1 is 0.705 bits per heavy atom. The van der Waals surface area contributed by atoms with Crippen molar-refractivity contribution in [3.8, 4) is 0 Å². The first-order chi connectivity index (χ1) is 28.9. The standard InChI is InChI=1S/C44H70O17/c1-19-8-13-43(54-18-19)21(3)44(53)29(61-43)15-26-24-7-6-22-14-23(9-11-41(22,4)25(24)10-12-42(26,44)5)56-40-37(60-38-34(51)32(49)30(47)20(2)55-38)35(52)36(28(17-46)58-40)59-39-33(50)31(48)27(16-45)57-39/h6,19-21,23-40,45-53H,7-18H2,1-5H3/t19?,20-,21+,23-,24+,25-,26-,27-,28+,29-,30-,31-,32+,33+,34+,35-,36+,37+,38-,39-,40+,41-,42-,43+,44+/m0/s1. The number of rotatable bonds is 8. The van der Waals surface area contributed by atoms with Gasteiger partial charge in [0.2, 0.25) is 0 Å². The molecule has 3 saturated carbocycles. The molecule has 0 radical (unpaired) electrons. The fourth-order valence-electron chi connectivity index (χ4n) is 13.8. The Labute approximate surface area is 357 Å². The number of aliphatic hydroxyl groups excluding tert-OH is 8. The van der Waals surface area contributed by atoms with Crippen LogP contribution in [0.1, 0.15) is 92.4 Å². The molecule has 5 saturated heterocycles. The predicted molar refractivity (Wildman–Crippen MR) is 210 cm³/mol. The van der Waals surface area contributed by atoms with Gasteiger partial charge in [0.05, 0.1) is 38.1 Å². The molecular weight excluding hydrogens is 800 g/mol. The van der Waals surface area contributed by atoms with Gasteiger partial charge in [-0.3, -0.25) is 0 Å². The van der Waals surface area contributed by atoms with Gasteiger partial charge in [0, 0.05) is 17.8 Å². The van der Waals surface area contributed by atoms with Gasteiger partial charge in [-0.05, 0) is 87.4 Å². The molecule has 4 aliphatic carbocycles. The SMILES string of the molecule is CC1CC[C@@]2(OC1)O[C@H]1C[C@H]3[C@@H]4CC=C5C[C@@H](O[C@@H]6O[C@H](CO)[C@@H](O[C@@H]7O[C@@H](CO)[C@H](O)[C@H]7O)[C@H](O)[C@H]6O[C@@H]6O[C@@H](C)[C@H](O)[C@@H](O)[C@H]6O)CC[C@]5(C)[C@H]4CC[C@]3(C)[C@@]1(O)[C@@H]2C. The lowest BCUT2D eigenvalue weighted by molar-refractivity contribution is -0.380. The van der Waals surface area contributed by atoms with E-state index in [9.17, 15) is 46.0 Å². The molecular formula is C44H70O17. The lowest BCUT2D eigenvalue weighted by Crippen LogP contribution is -2.65. The van der Waals surface area contributed by atoms with Crippen LogP contribution in [-0.4, -0.2) is 175 Å². The van der Waals surface area contributed by atoms with Crippen LogP contribution in [0.5, 0.6) is 0 Å². The van der Waals surface area contributed by atoms with E-state index >= 15 is 0 Å². The van der Waals surface area contributed by atoms with Gasteiger partial charge < -0.3 is 83.9 Å². The molecule has 61 heavy (non-hydrogen) atoms. The second kappa shape index (κ2) is 16.4. The summed E-state index contributed by atoms with van der Waals surface area (Å²) in [5.74, 6) is 0.693. The van der Waals surface area contributed by atoms with E-state index in [1.54, 1.807) is 0 Å². The average Bonchev–Trinajstić information content (AvgIpc) is 3.74. The summed E-state index contributed by atoms with van der Waals surface area (Å²) in [4.78, 5) is 0. The van der Waals surface area contributed by atoms with E-state index in [1.165, 1.54) is 12.5 Å². The summed E-state index contributed by atoms with van der Waals surface area (Å²) in [6, 6.07) is 0. The quantitative estimate of drug-likeness (QED) is 0.145. The van der Waals surface area contributed by atoms with Crippen molar-refractivity contribution in [1.29, 1.82) is 0 Å². The van der Waals surface area contributed by atoms with Crippen molar-refractivity contribution < 1.29 is 83.9 Å². The molecule has 348 valence electrons. The van der Waals surface area contributed by atoms with E-state index in [0.717, 1.165) is 44.9 Å². The molecule has 8 fully saturated rings. The molecule has 17 heteroatoms.